The van der Waals surface area contributed by atoms with E-state index in [0.717, 1.165) is 5.56 Å². The largest absolute Gasteiger partial charge is 0.461 e. The highest BCUT2D eigenvalue weighted by molar-refractivity contribution is 6.42. The maximum absolute atomic E-state index is 11.0. The molecule has 1 rings (SSSR count). The van der Waals surface area contributed by atoms with E-state index in [1.54, 1.807) is 30.4 Å². The van der Waals surface area contributed by atoms with Crippen LogP contribution in [0, 0.1) is 0 Å². The van der Waals surface area contributed by atoms with Crippen molar-refractivity contribution in [1.29, 1.82) is 0 Å². The monoisotopic (exact) mass is 286 g/mol. The van der Waals surface area contributed by atoms with Crippen molar-refractivity contribution in [1.82, 2.24) is 0 Å². The topological polar surface area (TPSA) is 43.4 Å². The minimum Gasteiger partial charge on any atom is -0.461 e. The molecular formula is C13H12Cl2O3. The van der Waals surface area contributed by atoms with E-state index in [9.17, 15) is 9.59 Å². The fourth-order valence-electron chi connectivity index (χ4n) is 1.20. The van der Waals surface area contributed by atoms with Gasteiger partial charge in [0.05, 0.1) is 10.0 Å². The van der Waals surface area contributed by atoms with Crippen LogP contribution in [0.4, 0.5) is 0 Å². The highest BCUT2D eigenvalue weighted by Crippen LogP contribution is 2.22. The number of ether oxygens (including phenoxy) is 1. The van der Waals surface area contributed by atoms with Crippen LogP contribution in [-0.2, 0) is 14.3 Å². The number of rotatable bonds is 5. The lowest BCUT2D eigenvalue weighted by Crippen LogP contribution is -2.08. The zero-order valence-corrected chi connectivity index (χ0v) is 11.3. The number of carbonyl (C=O) groups is 2. The molecule has 0 amide bonds. The third-order valence-corrected chi connectivity index (χ3v) is 2.73. The molecule has 0 aliphatic rings. The van der Waals surface area contributed by atoms with Gasteiger partial charge in [-0.3, -0.25) is 9.59 Å². The van der Waals surface area contributed by atoms with Gasteiger partial charge in [0.15, 0.2) is 0 Å². The van der Waals surface area contributed by atoms with Crippen molar-refractivity contribution in [3.05, 3.63) is 39.9 Å². The molecule has 0 aliphatic heterocycles. The number of benzene rings is 1. The van der Waals surface area contributed by atoms with Gasteiger partial charge in [0.25, 0.3) is 0 Å². The molecule has 0 unspecified atom stereocenters. The Hall–Kier alpha value is -1.32. The SMILES string of the molecule is CC(=O)CC(=O)OC/C=C/c1ccc(Cl)c(Cl)c1. The van der Waals surface area contributed by atoms with Gasteiger partial charge >= 0.3 is 5.97 Å². The van der Waals surface area contributed by atoms with Crippen LogP contribution < -0.4 is 0 Å². The predicted octanol–water partition coefficient (Wildman–Crippen LogP) is 3.53. The summed E-state index contributed by atoms with van der Waals surface area (Å²) in [5, 5.41) is 0.953. The molecule has 0 aliphatic carbocycles. The Morgan fingerprint density at radius 1 is 1.28 bits per heavy atom. The van der Waals surface area contributed by atoms with Crippen molar-refractivity contribution < 1.29 is 14.3 Å². The molecule has 96 valence electrons. The lowest BCUT2D eigenvalue weighted by Gasteiger charge is -2.00. The molecule has 0 atom stereocenters. The second-order valence-electron chi connectivity index (χ2n) is 3.64. The van der Waals surface area contributed by atoms with Gasteiger partial charge in [-0.2, -0.15) is 0 Å². The minimum atomic E-state index is -0.527. The van der Waals surface area contributed by atoms with Gasteiger partial charge in [0.1, 0.15) is 18.8 Å². The normalized spacial score (nSPS) is 10.6. The van der Waals surface area contributed by atoms with Crippen LogP contribution in [0.25, 0.3) is 6.08 Å². The highest BCUT2D eigenvalue weighted by Gasteiger charge is 2.04. The van der Waals surface area contributed by atoms with E-state index in [4.69, 9.17) is 27.9 Å². The van der Waals surface area contributed by atoms with Gasteiger partial charge in [-0.25, -0.2) is 0 Å². The van der Waals surface area contributed by atoms with Gasteiger partial charge in [-0.1, -0.05) is 35.3 Å². The van der Waals surface area contributed by atoms with Gasteiger partial charge in [0, 0.05) is 0 Å². The third kappa shape index (κ3) is 5.34. The average molecular weight is 287 g/mol. The number of halogens is 2. The van der Waals surface area contributed by atoms with Crippen LogP contribution in [0.3, 0.4) is 0 Å². The van der Waals surface area contributed by atoms with Crippen LogP contribution >= 0.6 is 23.2 Å². The van der Waals surface area contributed by atoms with Crippen LogP contribution in [0.5, 0.6) is 0 Å². The Labute approximate surface area is 115 Å². The van der Waals surface area contributed by atoms with Crippen molar-refractivity contribution in [2.45, 2.75) is 13.3 Å². The molecule has 0 spiro atoms. The fraction of sp³-hybridized carbons (Fsp3) is 0.231. The summed E-state index contributed by atoms with van der Waals surface area (Å²) in [6.07, 6.45) is 3.22. The fourth-order valence-corrected chi connectivity index (χ4v) is 1.50. The number of Topliss-reactive ketones (excluding diaryl/α,β-unsaturated/α-hetero) is 1. The first-order valence-corrected chi connectivity index (χ1v) is 6.01. The van der Waals surface area contributed by atoms with E-state index >= 15 is 0 Å². The van der Waals surface area contributed by atoms with Crippen LogP contribution in [0.15, 0.2) is 24.3 Å². The Kier molecular flexibility index (Phi) is 5.89. The van der Waals surface area contributed by atoms with Crippen molar-refractivity contribution in [3.63, 3.8) is 0 Å². The summed E-state index contributed by atoms with van der Waals surface area (Å²) >= 11 is 11.6. The lowest BCUT2D eigenvalue weighted by molar-refractivity contribution is -0.144. The molecule has 0 bridgehead atoms. The Bertz CT molecular complexity index is 481. The number of carbonyl (C=O) groups excluding carboxylic acids is 2. The zero-order chi connectivity index (χ0) is 13.5. The van der Waals surface area contributed by atoms with E-state index in [1.807, 2.05) is 0 Å². The quantitative estimate of drug-likeness (QED) is 0.614. The van der Waals surface area contributed by atoms with E-state index < -0.39 is 5.97 Å². The van der Waals surface area contributed by atoms with Crippen molar-refractivity contribution in [2.24, 2.45) is 0 Å². The summed E-state index contributed by atoms with van der Waals surface area (Å²) in [4.78, 5) is 21.7. The van der Waals surface area contributed by atoms with E-state index in [-0.39, 0.29) is 18.8 Å². The number of esters is 1. The first kappa shape index (κ1) is 14.7. The number of hydrogen-bond acceptors (Lipinski definition) is 3. The molecule has 0 saturated carbocycles. The molecule has 18 heavy (non-hydrogen) atoms. The molecule has 5 heteroatoms. The van der Waals surface area contributed by atoms with E-state index in [2.05, 4.69) is 0 Å². The molecule has 0 heterocycles. The Balaban J connectivity index is 2.43. The van der Waals surface area contributed by atoms with Crippen molar-refractivity contribution >= 4 is 41.0 Å². The molecule has 0 fully saturated rings. The third-order valence-electron chi connectivity index (χ3n) is 1.99. The molecule has 1 aromatic carbocycles. The van der Waals surface area contributed by atoms with Gasteiger partial charge < -0.3 is 4.74 Å². The summed E-state index contributed by atoms with van der Waals surface area (Å²) < 4.78 is 4.82. The summed E-state index contributed by atoms with van der Waals surface area (Å²) in [5.74, 6) is -0.741. The van der Waals surface area contributed by atoms with Crippen molar-refractivity contribution in [2.75, 3.05) is 6.61 Å². The second-order valence-corrected chi connectivity index (χ2v) is 4.45. The summed E-state index contributed by atoms with van der Waals surface area (Å²) in [5.41, 5.74) is 0.854. The lowest BCUT2D eigenvalue weighted by atomic mass is 10.2. The van der Waals surface area contributed by atoms with E-state index in [1.165, 1.54) is 6.92 Å². The first-order valence-electron chi connectivity index (χ1n) is 5.25. The number of hydrogen-bond donors (Lipinski definition) is 0. The van der Waals surface area contributed by atoms with Gasteiger partial charge in [0.2, 0.25) is 0 Å². The summed E-state index contributed by atoms with van der Waals surface area (Å²) in [6, 6.07) is 5.19. The molecule has 0 saturated heterocycles. The number of ketones is 1. The summed E-state index contributed by atoms with van der Waals surface area (Å²) in [7, 11) is 0. The molecular weight excluding hydrogens is 275 g/mol. The van der Waals surface area contributed by atoms with Gasteiger partial charge in [-0.15, -0.1) is 0 Å². The molecule has 0 radical (unpaired) electrons. The summed E-state index contributed by atoms with van der Waals surface area (Å²) in [6.45, 7) is 1.46. The maximum Gasteiger partial charge on any atom is 0.313 e. The Morgan fingerprint density at radius 2 is 2.00 bits per heavy atom. The molecule has 3 nitrogen and oxygen atoms in total. The van der Waals surface area contributed by atoms with Crippen LogP contribution in [0.2, 0.25) is 10.0 Å². The maximum atomic E-state index is 11.0. The molecule has 1 aromatic rings. The first-order chi connectivity index (χ1) is 8.49. The standard InChI is InChI=1S/C13H12Cl2O3/c1-9(16)7-13(17)18-6-2-3-10-4-5-11(14)12(15)8-10/h2-5,8H,6-7H2,1H3/b3-2+. The van der Waals surface area contributed by atoms with Gasteiger partial charge in [-0.05, 0) is 30.7 Å². The minimum absolute atomic E-state index is 0.117. The predicted molar refractivity (Wildman–Crippen MR) is 71.8 cm³/mol. The van der Waals surface area contributed by atoms with Crippen LogP contribution in [-0.4, -0.2) is 18.4 Å². The average Bonchev–Trinajstić information content (AvgIpc) is 2.28. The Morgan fingerprint density at radius 3 is 2.61 bits per heavy atom. The van der Waals surface area contributed by atoms with Crippen LogP contribution in [0.1, 0.15) is 18.9 Å². The molecule has 0 N–H and O–H groups in total. The highest BCUT2D eigenvalue weighted by atomic mass is 35.5. The van der Waals surface area contributed by atoms with E-state index in [0.29, 0.717) is 10.0 Å². The second kappa shape index (κ2) is 7.19. The van der Waals surface area contributed by atoms with Crippen molar-refractivity contribution in [3.8, 4) is 0 Å². The zero-order valence-electron chi connectivity index (χ0n) is 9.78. The molecule has 0 aromatic heterocycles. The smallest absolute Gasteiger partial charge is 0.313 e.